The maximum absolute atomic E-state index is 13.9. The lowest BCUT2D eigenvalue weighted by Crippen LogP contribution is -2.62. The van der Waals surface area contributed by atoms with Crippen LogP contribution in [0.5, 0.6) is 17.2 Å². The summed E-state index contributed by atoms with van der Waals surface area (Å²) in [7, 11) is -6.72. The Balaban J connectivity index is 0.000000197. The van der Waals surface area contributed by atoms with Crippen LogP contribution in [0.1, 0.15) is 184 Å². The number of esters is 4. The number of thiophene rings is 1. The Kier molecular flexibility index (Phi) is 25.8. The summed E-state index contributed by atoms with van der Waals surface area (Å²) < 4.78 is 126. The maximum atomic E-state index is 13.9. The van der Waals surface area contributed by atoms with E-state index in [0.29, 0.717) is 43.1 Å². The van der Waals surface area contributed by atoms with Gasteiger partial charge in [0.15, 0.2) is 24.4 Å². The van der Waals surface area contributed by atoms with Gasteiger partial charge in [0.05, 0.1) is 25.2 Å². The third-order valence-corrected chi connectivity index (χ3v) is 23.6. The van der Waals surface area contributed by atoms with Crippen LogP contribution in [-0.2, 0) is 43.5 Å². The Morgan fingerprint density at radius 2 is 1.14 bits per heavy atom. The number of carbonyl (C=O) groups excluding carboxylic acids is 4. The molecule has 516 valence electrons. The molecular formula is C72H89F5I2O13S2. The minimum atomic E-state index is -6.78. The monoisotopic (exact) mass is 1570 g/mol. The molecule has 4 bridgehead atoms. The number of rotatable bonds is 16. The van der Waals surface area contributed by atoms with Crippen molar-refractivity contribution in [2.45, 2.75) is 208 Å². The first-order chi connectivity index (χ1) is 43.6. The van der Waals surface area contributed by atoms with Gasteiger partial charge < -0.3 is 33.7 Å². The van der Waals surface area contributed by atoms with Crippen molar-refractivity contribution < 1.29 is 83.3 Å². The molecule has 11 rings (SSSR count). The minimum Gasteiger partial charge on any atom is -0.743 e. The smallest absolute Gasteiger partial charge is 0.432 e. The van der Waals surface area contributed by atoms with Gasteiger partial charge in [-0.1, -0.05) is 77.1 Å². The number of carbonyl (C=O) groups is 4. The summed E-state index contributed by atoms with van der Waals surface area (Å²) in [6, 6.07) is 38.6. The molecule has 5 aliphatic carbocycles. The molecule has 2 N–H and O–H groups in total. The van der Waals surface area contributed by atoms with E-state index < -0.39 is 61.4 Å². The molecule has 94 heavy (non-hydrogen) atoms. The number of fused-ring (bicyclic) bond motifs is 3. The molecule has 0 saturated heterocycles. The first-order valence-electron chi connectivity index (χ1n) is 31.9. The zero-order chi connectivity index (χ0) is 70.2. The number of alkyl halides is 5. The molecule has 4 unspecified atom stereocenters. The van der Waals surface area contributed by atoms with Gasteiger partial charge in [0.2, 0.25) is 0 Å². The van der Waals surface area contributed by atoms with Crippen LogP contribution in [0.15, 0.2) is 115 Å². The average Bonchev–Trinajstić information content (AvgIpc) is 0.923. The van der Waals surface area contributed by atoms with E-state index in [4.69, 9.17) is 19.3 Å². The second kappa shape index (κ2) is 31.1. The highest BCUT2D eigenvalue weighted by Gasteiger charge is 2.67. The van der Waals surface area contributed by atoms with Crippen LogP contribution in [0.25, 0.3) is 25.1 Å². The maximum Gasteiger partial charge on any atom is 0.432 e. The van der Waals surface area contributed by atoms with Gasteiger partial charge in [0.25, 0.3) is 6.10 Å². The van der Waals surface area contributed by atoms with E-state index in [1.54, 1.807) is 32.9 Å². The molecule has 0 spiro atoms. The number of aromatic hydroxyl groups is 2. The molecule has 5 aliphatic rings. The van der Waals surface area contributed by atoms with Crippen LogP contribution in [-0.4, -0.2) is 75.8 Å². The summed E-state index contributed by atoms with van der Waals surface area (Å²) in [4.78, 5) is 50.5. The van der Waals surface area contributed by atoms with E-state index in [1.165, 1.54) is 53.6 Å². The fourth-order valence-corrected chi connectivity index (χ4v) is 16.9. The standard InChI is InChI=1S/C20H27F5O7S.C18H13S.C12H16O3.C12H22O2.C10H12I2O/c1-4-16(2,3)14(26)32-18-8-11-5-12(9-18)7-17(6-11,10-18)15(27)31-13(19(21,22)23)20(24,25)33(28,29)30;1-2-8-14(9-3-1)19-17-12-6-4-10-15(17)16-11-5-7-13-18(16)19;1-4-12(2,3)11(14)15-10-7-5-9(13)6-8-10;1-5-11(2,3)10(13)14-12(4)8-6-7-9-12;1-3-6(2)8-4-7(11)5-9(12)10(8)13/h11-13H,4-10H2,1-3H3,(H,28,29,30);1-13H;5-8,13H,4H2,1-3H3;5-9H2,1-4H3;4-6,13H,3H2,1-2H3/q;+1;;;/p-1. The first-order valence-corrected chi connectivity index (χ1v) is 36.7. The fraction of sp³-hybridized carbons (Fsp3) is 0.528. The molecule has 0 amide bonds. The molecule has 5 fully saturated rings. The zero-order valence-corrected chi connectivity index (χ0v) is 61.5. The summed E-state index contributed by atoms with van der Waals surface area (Å²) in [5.74, 6) is -1.39. The number of hydrogen-bond donors (Lipinski definition) is 2. The van der Waals surface area contributed by atoms with Crippen molar-refractivity contribution in [3.05, 3.63) is 128 Å². The number of ether oxygens (including phenoxy) is 4. The Labute approximate surface area is 580 Å². The van der Waals surface area contributed by atoms with E-state index in [0.717, 1.165) is 41.2 Å². The SMILES string of the molecule is CCC(C)(C)C(=O)OC1(C)CCCC1.CCC(C)(C)C(=O)OC12CC3CC(C1)CC(C(=O)OC(C(F)(F)F)C(F)(F)S(=O)(=O)[O-])(C3)C2.CCC(C)(C)C(=O)Oc1ccc(O)cc1.CCC(C)c1cc(I)cc(I)c1O.c1ccc(-[s+]2c3ccccc3c3ccccc32)cc1. The number of phenols is 2. The second-order valence-electron chi connectivity index (χ2n) is 27.5. The third-order valence-electron chi connectivity index (χ3n) is 19.0. The average molecular weight is 1580 g/mol. The van der Waals surface area contributed by atoms with E-state index in [9.17, 15) is 59.2 Å². The van der Waals surface area contributed by atoms with Gasteiger partial charge >= 0.3 is 35.3 Å². The lowest BCUT2D eigenvalue weighted by Gasteiger charge is -2.60. The van der Waals surface area contributed by atoms with Gasteiger partial charge in [-0.2, -0.15) is 22.0 Å². The van der Waals surface area contributed by atoms with Gasteiger partial charge in [-0.15, -0.1) is 0 Å². The highest BCUT2D eigenvalue weighted by atomic mass is 127. The molecular weight excluding hydrogens is 1490 g/mol. The fourth-order valence-electron chi connectivity index (χ4n) is 12.2. The van der Waals surface area contributed by atoms with E-state index in [-0.39, 0.29) is 70.3 Å². The largest absolute Gasteiger partial charge is 0.743 e. The number of halogens is 7. The summed E-state index contributed by atoms with van der Waals surface area (Å²) in [5, 5.41) is 15.8. The predicted molar refractivity (Wildman–Crippen MR) is 373 cm³/mol. The van der Waals surface area contributed by atoms with Crippen molar-refractivity contribution in [2.24, 2.45) is 33.5 Å². The number of hydrogen-bond acceptors (Lipinski definition) is 13. The lowest BCUT2D eigenvalue weighted by molar-refractivity contribution is -0.270. The molecule has 5 saturated carbocycles. The molecule has 5 aromatic carbocycles. The van der Waals surface area contributed by atoms with E-state index >= 15 is 0 Å². The number of benzene rings is 5. The highest BCUT2D eigenvalue weighted by molar-refractivity contribution is 14.1. The molecule has 1 aromatic heterocycles. The quantitative estimate of drug-likeness (QED) is 0.0176. The van der Waals surface area contributed by atoms with Gasteiger partial charge in [-0.3, -0.25) is 19.2 Å². The zero-order valence-electron chi connectivity index (χ0n) is 55.5. The lowest BCUT2D eigenvalue weighted by atomic mass is 9.48. The van der Waals surface area contributed by atoms with Crippen molar-refractivity contribution in [1.82, 2.24) is 0 Å². The minimum absolute atomic E-state index is 0.0376. The van der Waals surface area contributed by atoms with E-state index in [1.807, 2.05) is 47.6 Å². The summed E-state index contributed by atoms with van der Waals surface area (Å²) in [5.41, 5.74) is -3.55. The number of phenolic OH excluding ortho intramolecular Hbond substituents is 2. The Morgan fingerprint density at radius 3 is 1.61 bits per heavy atom. The van der Waals surface area contributed by atoms with Crippen LogP contribution < -0.4 is 4.74 Å². The van der Waals surface area contributed by atoms with Crippen LogP contribution in [0.4, 0.5) is 22.0 Å². The molecule has 1 heterocycles. The Bertz CT molecular complexity index is 3650. The first kappa shape index (κ1) is 77.8. The highest BCUT2D eigenvalue weighted by Crippen LogP contribution is 2.64. The summed E-state index contributed by atoms with van der Waals surface area (Å²) in [6.07, 6.45) is -1.66. The van der Waals surface area contributed by atoms with Gasteiger partial charge in [-0.25, -0.2) is 8.42 Å². The summed E-state index contributed by atoms with van der Waals surface area (Å²) >= 11 is 4.45. The van der Waals surface area contributed by atoms with Gasteiger partial charge in [-0.05, 0) is 273 Å². The Hall–Kier alpha value is -5.18. The van der Waals surface area contributed by atoms with Crippen molar-refractivity contribution in [3.8, 4) is 22.1 Å². The van der Waals surface area contributed by atoms with Gasteiger partial charge in [0.1, 0.15) is 28.5 Å². The van der Waals surface area contributed by atoms with Crippen LogP contribution in [0.2, 0.25) is 0 Å². The van der Waals surface area contributed by atoms with Crippen molar-refractivity contribution in [3.63, 3.8) is 0 Å². The molecule has 0 aliphatic heterocycles. The van der Waals surface area contributed by atoms with Gasteiger partial charge in [0, 0.05) is 31.2 Å². The van der Waals surface area contributed by atoms with Crippen molar-refractivity contribution in [2.75, 3.05) is 0 Å². The Morgan fingerprint density at radius 1 is 0.670 bits per heavy atom. The van der Waals surface area contributed by atoms with Crippen LogP contribution in [0.3, 0.4) is 0 Å². The molecule has 13 nitrogen and oxygen atoms in total. The topological polar surface area (TPSA) is 203 Å². The van der Waals surface area contributed by atoms with Crippen molar-refractivity contribution in [1.29, 1.82) is 0 Å². The normalized spacial score (nSPS) is 20.5. The van der Waals surface area contributed by atoms with Crippen LogP contribution >= 0.6 is 55.7 Å². The molecule has 4 atom stereocenters. The van der Waals surface area contributed by atoms with Crippen molar-refractivity contribution >= 4 is 110 Å². The third kappa shape index (κ3) is 18.9. The summed E-state index contributed by atoms with van der Waals surface area (Å²) in [6.45, 7) is 23.0. The molecule has 22 heteroatoms. The molecule has 0 radical (unpaired) electrons. The predicted octanol–water partition coefficient (Wildman–Crippen LogP) is 19.8. The van der Waals surface area contributed by atoms with Crippen LogP contribution in [0, 0.1) is 40.6 Å². The second-order valence-corrected chi connectivity index (χ2v) is 33.4. The molecule has 6 aromatic rings. The van der Waals surface area contributed by atoms with E-state index in [2.05, 4.69) is 156 Å².